The highest BCUT2D eigenvalue weighted by Crippen LogP contribution is 2.28. The Morgan fingerprint density at radius 1 is 0.758 bits per heavy atom. The van der Waals surface area contributed by atoms with Crippen LogP contribution in [0.3, 0.4) is 0 Å². The van der Waals surface area contributed by atoms with Crippen LogP contribution < -0.4 is 5.43 Å². The predicted molar refractivity (Wildman–Crippen MR) is 130 cm³/mol. The molecule has 0 unspecified atom stereocenters. The van der Waals surface area contributed by atoms with Crippen LogP contribution >= 0.6 is 0 Å². The lowest BCUT2D eigenvalue weighted by atomic mass is 10.0. The second-order valence-electron chi connectivity index (χ2n) is 9.40. The van der Waals surface area contributed by atoms with Gasteiger partial charge in [0, 0.05) is 43.4 Å². The third-order valence-corrected chi connectivity index (χ3v) is 7.40. The summed E-state index contributed by atoms with van der Waals surface area (Å²) in [5.74, 6) is 0.970. The summed E-state index contributed by atoms with van der Waals surface area (Å²) < 4.78 is 1.95. The summed E-state index contributed by atoms with van der Waals surface area (Å²) in [5.41, 5.74) is 1.54. The van der Waals surface area contributed by atoms with Gasteiger partial charge in [-0.2, -0.15) is 0 Å². The maximum Gasteiger partial charge on any atom is 0.242 e. The lowest BCUT2D eigenvalue weighted by molar-refractivity contribution is -0.140. The number of fused-ring (bicyclic) bond motifs is 2. The number of carbonyl (C=O) groups is 2. The third kappa shape index (κ3) is 4.39. The zero-order chi connectivity index (χ0) is 22.8. The Morgan fingerprint density at radius 3 is 1.85 bits per heavy atom. The van der Waals surface area contributed by atoms with Crippen molar-refractivity contribution in [2.75, 3.05) is 26.2 Å². The van der Waals surface area contributed by atoms with Crippen LogP contribution in [0.25, 0.3) is 21.8 Å². The van der Waals surface area contributed by atoms with E-state index < -0.39 is 0 Å². The van der Waals surface area contributed by atoms with Gasteiger partial charge in [0.1, 0.15) is 6.54 Å². The Morgan fingerprint density at radius 2 is 1.27 bits per heavy atom. The lowest BCUT2D eigenvalue weighted by Gasteiger charge is -2.35. The van der Waals surface area contributed by atoms with E-state index in [1.165, 1.54) is 25.7 Å². The predicted octanol–water partition coefficient (Wildman–Crippen LogP) is 3.80. The normalized spacial score (nSPS) is 17.2. The molecule has 1 aliphatic heterocycles. The van der Waals surface area contributed by atoms with Gasteiger partial charge in [0.05, 0.1) is 11.0 Å². The smallest absolute Gasteiger partial charge is 0.242 e. The van der Waals surface area contributed by atoms with Crippen molar-refractivity contribution >= 4 is 33.6 Å². The average molecular weight is 446 g/mol. The van der Waals surface area contributed by atoms with Crippen LogP contribution in [-0.4, -0.2) is 52.4 Å². The van der Waals surface area contributed by atoms with Crippen molar-refractivity contribution in [1.29, 1.82) is 0 Å². The van der Waals surface area contributed by atoms with E-state index in [1.807, 2.05) is 62.9 Å². The molecule has 172 valence electrons. The Balaban J connectivity index is 1.27. The first kappa shape index (κ1) is 21.7. The largest absolute Gasteiger partial charge is 0.339 e. The fourth-order valence-corrected chi connectivity index (χ4v) is 5.47. The fraction of sp³-hybridized carbons (Fsp3) is 0.444. The highest BCUT2D eigenvalue weighted by molar-refractivity contribution is 5.94. The molecule has 6 heteroatoms. The van der Waals surface area contributed by atoms with Gasteiger partial charge in [-0.25, -0.2) is 0 Å². The first-order chi connectivity index (χ1) is 16.1. The van der Waals surface area contributed by atoms with Crippen LogP contribution in [0.15, 0.2) is 53.3 Å². The Bertz CT molecular complexity index is 1170. The van der Waals surface area contributed by atoms with E-state index in [4.69, 9.17) is 0 Å². The standard InChI is InChI=1S/C27H31N3O3/c31-25(14-13-20-7-1-2-8-20)28-15-17-29(18-16-28)26(32)19-30-23-11-5-3-9-21(23)27(33)22-10-4-6-12-24(22)30/h3-6,9-12,20H,1-2,7-8,13-19H2. The monoisotopic (exact) mass is 445 g/mol. The quantitative estimate of drug-likeness (QED) is 0.562. The second kappa shape index (κ2) is 9.38. The molecule has 0 atom stereocenters. The van der Waals surface area contributed by atoms with Crippen molar-refractivity contribution in [3.05, 3.63) is 58.8 Å². The molecule has 1 saturated carbocycles. The van der Waals surface area contributed by atoms with Crippen molar-refractivity contribution in [3.63, 3.8) is 0 Å². The molecule has 6 nitrogen and oxygen atoms in total. The average Bonchev–Trinajstić information content (AvgIpc) is 3.39. The summed E-state index contributed by atoms with van der Waals surface area (Å²) in [4.78, 5) is 42.6. The van der Waals surface area contributed by atoms with Crippen LogP contribution in [-0.2, 0) is 16.1 Å². The van der Waals surface area contributed by atoms with Gasteiger partial charge in [-0.15, -0.1) is 0 Å². The molecule has 33 heavy (non-hydrogen) atoms. The minimum Gasteiger partial charge on any atom is -0.339 e. The summed E-state index contributed by atoms with van der Waals surface area (Å²) in [6.07, 6.45) is 6.78. The number of rotatable bonds is 5. The molecular weight excluding hydrogens is 414 g/mol. The van der Waals surface area contributed by atoms with E-state index in [9.17, 15) is 14.4 Å². The molecule has 2 heterocycles. The van der Waals surface area contributed by atoms with Crippen molar-refractivity contribution < 1.29 is 9.59 Å². The Labute approximate surface area is 193 Å². The summed E-state index contributed by atoms with van der Waals surface area (Å²) in [6.45, 7) is 2.49. The van der Waals surface area contributed by atoms with Crippen LogP contribution in [0.5, 0.6) is 0 Å². The number of piperazine rings is 1. The second-order valence-corrected chi connectivity index (χ2v) is 9.40. The molecule has 0 bridgehead atoms. The van der Waals surface area contributed by atoms with Crippen LogP contribution in [0.4, 0.5) is 0 Å². The molecule has 2 fully saturated rings. The molecule has 0 spiro atoms. The van der Waals surface area contributed by atoms with E-state index in [-0.39, 0.29) is 23.8 Å². The fourth-order valence-electron chi connectivity index (χ4n) is 5.47. The van der Waals surface area contributed by atoms with E-state index in [1.54, 1.807) is 0 Å². The zero-order valence-electron chi connectivity index (χ0n) is 19.0. The molecule has 1 saturated heterocycles. The van der Waals surface area contributed by atoms with Gasteiger partial charge >= 0.3 is 0 Å². The molecule has 2 amide bonds. The summed E-state index contributed by atoms with van der Waals surface area (Å²) >= 11 is 0. The molecule has 0 radical (unpaired) electrons. The van der Waals surface area contributed by atoms with Gasteiger partial charge in [-0.1, -0.05) is 49.9 Å². The Hall–Kier alpha value is -3.15. The number of amides is 2. The van der Waals surface area contributed by atoms with E-state index in [0.29, 0.717) is 43.4 Å². The molecule has 0 N–H and O–H groups in total. The van der Waals surface area contributed by atoms with Crippen LogP contribution in [0.2, 0.25) is 0 Å². The number of nitrogens with zero attached hydrogens (tertiary/aromatic N) is 3. The minimum atomic E-state index is -0.00497. The molecule has 3 aromatic rings. The number of pyridine rings is 1. The van der Waals surface area contributed by atoms with E-state index >= 15 is 0 Å². The highest BCUT2D eigenvalue weighted by Gasteiger charge is 2.26. The topological polar surface area (TPSA) is 62.6 Å². The number of aromatic nitrogens is 1. The first-order valence-corrected chi connectivity index (χ1v) is 12.2. The molecule has 2 aromatic carbocycles. The van der Waals surface area contributed by atoms with Gasteiger partial charge in [-0.3, -0.25) is 14.4 Å². The van der Waals surface area contributed by atoms with Crippen LogP contribution in [0.1, 0.15) is 38.5 Å². The molecule has 1 aromatic heterocycles. The maximum atomic E-state index is 13.2. The number of carbonyl (C=O) groups excluding carboxylic acids is 2. The number of hydrogen-bond acceptors (Lipinski definition) is 3. The number of para-hydroxylation sites is 2. The zero-order valence-corrected chi connectivity index (χ0v) is 19.0. The maximum absolute atomic E-state index is 13.2. The molecule has 1 aliphatic carbocycles. The van der Waals surface area contributed by atoms with Crippen LogP contribution in [0, 0.1) is 5.92 Å². The molecule has 5 rings (SSSR count). The van der Waals surface area contributed by atoms with Crippen molar-refractivity contribution in [2.24, 2.45) is 5.92 Å². The van der Waals surface area contributed by atoms with Gasteiger partial charge in [0.2, 0.25) is 11.8 Å². The van der Waals surface area contributed by atoms with Gasteiger partial charge in [0.15, 0.2) is 5.43 Å². The number of hydrogen-bond donors (Lipinski definition) is 0. The summed E-state index contributed by atoms with van der Waals surface area (Å²) in [7, 11) is 0. The SMILES string of the molecule is O=C(CCC1CCCC1)N1CCN(C(=O)Cn2c3ccccc3c(=O)c3ccccc32)CC1. The van der Waals surface area contributed by atoms with Gasteiger partial charge < -0.3 is 14.4 Å². The van der Waals surface area contributed by atoms with Crippen molar-refractivity contribution in [2.45, 2.75) is 45.1 Å². The Kier molecular flexibility index (Phi) is 6.16. The van der Waals surface area contributed by atoms with Gasteiger partial charge in [-0.05, 0) is 36.6 Å². The molecule has 2 aliphatic rings. The lowest BCUT2D eigenvalue weighted by Crippen LogP contribution is -2.51. The molecular formula is C27H31N3O3. The van der Waals surface area contributed by atoms with Crippen molar-refractivity contribution in [1.82, 2.24) is 14.4 Å². The number of benzene rings is 2. The van der Waals surface area contributed by atoms with Crippen molar-refractivity contribution in [3.8, 4) is 0 Å². The highest BCUT2D eigenvalue weighted by atomic mass is 16.2. The summed E-state index contributed by atoms with van der Waals surface area (Å²) in [5, 5.41) is 1.25. The van der Waals surface area contributed by atoms with Gasteiger partial charge in [0.25, 0.3) is 0 Å². The minimum absolute atomic E-state index is 0.00497. The third-order valence-electron chi connectivity index (χ3n) is 7.40. The first-order valence-electron chi connectivity index (χ1n) is 12.2. The van der Waals surface area contributed by atoms with E-state index in [2.05, 4.69) is 0 Å². The summed E-state index contributed by atoms with van der Waals surface area (Å²) in [6, 6.07) is 14.9. The van der Waals surface area contributed by atoms with E-state index in [0.717, 1.165) is 23.4 Å².